The zero-order valence-electron chi connectivity index (χ0n) is 8.42. The molecule has 1 aromatic heterocycles. The summed E-state index contributed by atoms with van der Waals surface area (Å²) in [6.07, 6.45) is 4.13. The fraction of sp³-hybridized carbons (Fsp3) is 0.625. The van der Waals surface area contributed by atoms with Crippen molar-refractivity contribution in [3.8, 4) is 5.75 Å². The van der Waals surface area contributed by atoms with E-state index < -0.39 is 7.32 Å². The van der Waals surface area contributed by atoms with Crippen molar-refractivity contribution in [2.45, 2.75) is 26.8 Å². The Morgan fingerprint density at radius 1 is 1.57 bits per heavy atom. The molecule has 5 nitrogen and oxygen atoms in total. The monoisotopic (exact) mass is 198 g/mol. The van der Waals surface area contributed by atoms with Crippen LogP contribution in [-0.2, 0) is 6.54 Å². The summed E-state index contributed by atoms with van der Waals surface area (Å²) in [4.78, 5) is 0. The van der Waals surface area contributed by atoms with Crippen molar-refractivity contribution in [1.29, 1.82) is 0 Å². The summed E-state index contributed by atoms with van der Waals surface area (Å²) >= 11 is 0. The van der Waals surface area contributed by atoms with Gasteiger partial charge in [0.1, 0.15) is 5.75 Å². The molecule has 0 saturated heterocycles. The molecule has 0 aliphatic carbocycles. The molecule has 2 N–H and O–H groups in total. The highest BCUT2D eigenvalue weighted by Crippen LogP contribution is 2.10. The van der Waals surface area contributed by atoms with Gasteiger partial charge >= 0.3 is 7.32 Å². The predicted octanol–water partition coefficient (Wildman–Crippen LogP) is 0.277. The highest BCUT2D eigenvalue weighted by molar-refractivity contribution is 6.33. The van der Waals surface area contributed by atoms with Crippen molar-refractivity contribution in [2.75, 3.05) is 0 Å². The highest BCUT2D eigenvalue weighted by Gasteiger charge is 2.12. The van der Waals surface area contributed by atoms with Crippen LogP contribution in [0.3, 0.4) is 0 Å². The second-order valence-corrected chi connectivity index (χ2v) is 3.57. The van der Waals surface area contributed by atoms with Gasteiger partial charge < -0.3 is 14.7 Å². The molecule has 78 valence electrons. The second kappa shape index (κ2) is 5.02. The topological polar surface area (TPSA) is 67.5 Å². The molecule has 0 saturated carbocycles. The molecule has 0 aromatic carbocycles. The molecule has 0 fully saturated rings. The van der Waals surface area contributed by atoms with Crippen molar-refractivity contribution < 1.29 is 14.7 Å². The molecule has 1 rings (SSSR count). The molecule has 6 heteroatoms. The Hall–Kier alpha value is -1.01. The summed E-state index contributed by atoms with van der Waals surface area (Å²) in [5.41, 5.74) is 0. The van der Waals surface area contributed by atoms with Crippen LogP contribution in [-0.4, -0.2) is 27.1 Å². The maximum absolute atomic E-state index is 8.53. The summed E-state index contributed by atoms with van der Waals surface area (Å²) in [5, 5.41) is 21.1. The molecule has 0 aliphatic rings. The van der Waals surface area contributed by atoms with Crippen LogP contribution < -0.4 is 4.65 Å². The maximum Gasteiger partial charge on any atom is 0.707 e. The first-order valence-electron chi connectivity index (χ1n) is 4.63. The van der Waals surface area contributed by atoms with E-state index in [1.165, 1.54) is 6.20 Å². The van der Waals surface area contributed by atoms with Gasteiger partial charge in [-0.05, 0) is 12.3 Å². The van der Waals surface area contributed by atoms with E-state index in [1.54, 1.807) is 10.9 Å². The molecule has 0 unspecified atom stereocenters. The summed E-state index contributed by atoms with van der Waals surface area (Å²) in [7, 11) is -1.78. The lowest BCUT2D eigenvalue weighted by atomic mass is 10.1. The minimum Gasteiger partial charge on any atom is -0.509 e. The van der Waals surface area contributed by atoms with E-state index in [0.29, 0.717) is 11.7 Å². The van der Waals surface area contributed by atoms with Crippen molar-refractivity contribution in [1.82, 2.24) is 9.78 Å². The summed E-state index contributed by atoms with van der Waals surface area (Å²) in [5.74, 6) is 0.982. The molecular formula is C8H15BN2O3. The second-order valence-electron chi connectivity index (χ2n) is 3.57. The Kier molecular flexibility index (Phi) is 3.97. The van der Waals surface area contributed by atoms with Crippen LogP contribution in [0.1, 0.15) is 20.3 Å². The average molecular weight is 198 g/mol. The van der Waals surface area contributed by atoms with Gasteiger partial charge in [-0.2, -0.15) is 5.10 Å². The quantitative estimate of drug-likeness (QED) is 0.666. The lowest BCUT2D eigenvalue weighted by molar-refractivity contribution is 0.288. The van der Waals surface area contributed by atoms with Crippen LogP contribution in [0.2, 0.25) is 0 Å². The van der Waals surface area contributed by atoms with Gasteiger partial charge in [-0.25, -0.2) is 0 Å². The number of aromatic nitrogens is 2. The summed E-state index contributed by atoms with van der Waals surface area (Å²) < 4.78 is 6.35. The standard InChI is InChI=1S/C8H15BN2O3/c1-7(2)3-4-11-6-8(5-10-11)14-9(12)13/h5-7,12-13H,3-4H2,1-2H3. The first kappa shape index (κ1) is 11.1. The van der Waals surface area contributed by atoms with Gasteiger partial charge in [0.25, 0.3) is 0 Å². The zero-order valence-corrected chi connectivity index (χ0v) is 8.42. The van der Waals surface area contributed by atoms with Crippen LogP contribution in [0.4, 0.5) is 0 Å². The van der Waals surface area contributed by atoms with Crippen LogP contribution in [0.15, 0.2) is 12.4 Å². The van der Waals surface area contributed by atoms with Crippen molar-refractivity contribution in [3.05, 3.63) is 12.4 Å². The molecule has 0 spiro atoms. The number of nitrogens with zero attached hydrogens (tertiary/aromatic N) is 2. The van der Waals surface area contributed by atoms with Crippen molar-refractivity contribution >= 4 is 7.32 Å². The van der Waals surface area contributed by atoms with Gasteiger partial charge in [-0.15, -0.1) is 0 Å². The van der Waals surface area contributed by atoms with E-state index >= 15 is 0 Å². The lowest BCUT2D eigenvalue weighted by Crippen LogP contribution is -2.20. The largest absolute Gasteiger partial charge is 0.707 e. The molecule has 0 bridgehead atoms. The van der Waals surface area contributed by atoms with Gasteiger partial charge in [-0.3, -0.25) is 4.68 Å². The van der Waals surface area contributed by atoms with E-state index in [-0.39, 0.29) is 0 Å². The van der Waals surface area contributed by atoms with E-state index in [1.807, 2.05) is 0 Å². The summed E-state index contributed by atoms with van der Waals surface area (Å²) in [6, 6.07) is 0. The first-order valence-corrected chi connectivity index (χ1v) is 4.63. The number of hydrogen-bond acceptors (Lipinski definition) is 4. The average Bonchev–Trinajstić information content (AvgIpc) is 2.47. The van der Waals surface area contributed by atoms with E-state index in [0.717, 1.165) is 13.0 Å². The molecule has 1 aromatic rings. The van der Waals surface area contributed by atoms with E-state index in [2.05, 4.69) is 23.6 Å². The highest BCUT2D eigenvalue weighted by atomic mass is 16.6. The molecule has 0 amide bonds. The predicted molar refractivity (Wildman–Crippen MR) is 52.5 cm³/mol. The third-order valence-electron chi connectivity index (χ3n) is 1.79. The van der Waals surface area contributed by atoms with Crippen LogP contribution in [0, 0.1) is 5.92 Å². The number of aryl methyl sites for hydroxylation is 1. The summed E-state index contributed by atoms with van der Waals surface area (Å²) in [6.45, 7) is 5.08. The Morgan fingerprint density at radius 2 is 2.29 bits per heavy atom. The Morgan fingerprint density at radius 3 is 2.86 bits per heavy atom. The van der Waals surface area contributed by atoms with Gasteiger partial charge in [-0.1, -0.05) is 13.8 Å². The minimum absolute atomic E-state index is 0.365. The maximum atomic E-state index is 8.53. The Labute approximate surface area is 83.5 Å². The van der Waals surface area contributed by atoms with E-state index in [9.17, 15) is 0 Å². The normalized spacial score (nSPS) is 10.6. The number of rotatable bonds is 5. The first-order chi connectivity index (χ1) is 6.58. The molecule has 1 heterocycles. The minimum atomic E-state index is -1.78. The molecule has 14 heavy (non-hydrogen) atoms. The fourth-order valence-corrected chi connectivity index (χ4v) is 1.04. The van der Waals surface area contributed by atoms with E-state index in [4.69, 9.17) is 10.0 Å². The molecular weight excluding hydrogens is 183 g/mol. The van der Waals surface area contributed by atoms with Crippen LogP contribution >= 0.6 is 0 Å². The van der Waals surface area contributed by atoms with Gasteiger partial charge in [0.05, 0.1) is 12.4 Å². The third kappa shape index (κ3) is 3.80. The molecule has 0 aliphatic heterocycles. The van der Waals surface area contributed by atoms with Crippen LogP contribution in [0.25, 0.3) is 0 Å². The van der Waals surface area contributed by atoms with Gasteiger partial charge in [0.2, 0.25) is 0 Å². The van der Waals surface area contributed by atoms with Gasteiger partial charge in [0, 0.05) is 6.54 Å². The smallest absolute Gasteiger partial charge is 0.509 e. The fourth-order valence-electron chi connectivity index (χ4n) is 1.04. The Balaban J connectivity index is 2.42. The van der Waals surface area contributed by atoms with Crippen LogP contribution in [0.5, 0.6) is 5.75 Å². The molecule has 0 radical (unpaired) electrons. The van der Waals surface area contributed by atoms with Crippen molar-refractivity contribution in [2.24, 2.45) is 5.92 Å². The zero-order chi connectivity index (χ0) is 10.6. The SMILES string of the molecule is CC(C)CCn1cc(OB(O)O)cn1. The van der Waals surface area contributed by atoms with Gasteiger partial charge in [0.15, 0.2) is 0 Å². The van der Waals surface area contributed by atoms with Crippen molar-refractivity contribution in [3.63, 3.8) is 0 Å². The lowest BCUT2D eigenvalue weighted by Gasteiger charge is -2.03. The number of hydrogen-bond donors (Lipinski definition) is 2. The third-order valence-corrected chi connectivity index (χ3v) is 1.79. The Bertz CT molecular complexity index is 275. The molecule has 0 atom stereocenters.